The number of pyridine rings is 1. The van der Waals surface area contributed by atoms with Gasteiger partial charge in [0, 0.05) is 24.2 Å². The number of nitriles is 1. The minimum absolute atomic E-state index is 0.0108. The van der Waals surface area contributed by atoms with Gasteiger partial charge in [0.25, 0.3) is 0 Å². The molecule has 150 valence electrons. The molecule has 0 spiro atoms. The van der Waals surface area contributed by atoms with Crippen molar-refractivity contribution >= 4 is 22.8 Å². The second-order valence-corrected chi connectivity index (χ2v) is 7.78. The minimum atomic E-state index is -0.305. The Bertz CT molecular complexity index is 1150. The number of benzene rings is 1. The molecule has 4 rings (SSSR count). The average molecular weight is 413 g/mol. The molecule has 7 nitrogen and oxygen atoms in total. The topological polar surface area (TPSA) is 104 Å². The zero-order valence-electron chi connectivity index (χ0n) is 16.0. The largest absolute Gasteiger partial charge is 0.495 e. The Morgan fingerprint density at radius 2 is 2.14 bits per heavy atom. The molecule has 0 radical (unpaired) electrons. The Kier molecular flexibility index (Phi) is 5.31. The number of aromatic nitrogens is 3. The summed E-state index contributed by atoms with van der Waals surface area (Å²) in [5.74, 6) is 0.579. The van der Waals surface area contributed by atoms with Crippen LogP contribution in [0.3, 0.4) is 0 Å². The Morgan fingerprint density at radius 3 is 2.79 bits per heavy atom. The summed E-state index contributed by atoms with van der Waals surface area (Å²) in [4.78, 5) is 20.1. The molecule has 2 aromatic heterocycles. The number of nitrogens with zero attached hydrogens (tertiary/aromatic N) is 3. The molecule has 1 aromatic carbocycles. The van der Waals surface area contributed by atoms with E-state index in [2.05, 4.69) is 16.0 Å². The van der Waals surface area contributed by atoms with Gasteiger partial charge in [0.15, 0.2) is 5.65 Å². The second kappa shape index (κ2) is 7.90. The summed E-state index contributed by atoms with van der Waals surface area (Å²) in [6, 6.07) is 7.63. The molecule has 29 heavy (non-hydrogen) atoms. The second-order valence-electron chi connectivity index (χ2n) is 7.37. The van der Waals surface area contributed by atoms with Crippen molar-refractivity contribution in [1.82, 2.24) is 14.5 Å². The highest BCUT2D eigenvalue weighted by Crippen LogP contribution is 2.31. The fraction of sp³-hybridized carbons (Fsp3) is 0.381. The van der Waals surface area contributed by atoms with Gasteiger partial charge in [0.05, 0.1) is 29.3 Å². The number of aliphatic hydroxyl groups is 1. The number of fused-ring (bicyclic) bond motifs is 1. The predicted molar refractivity (Wildman–Crippen MR) is 109 cm³/mol. The molecule has 0 atom stereocenters. The summed E-state index contributed by atoms with van der Waals surface area (Å²) >= 11 is 6.25. The summed E-state index contributed by atoms with van der Waals surface area (Å²) in [5, 5.41) is 19.8. The zero-order valence-corrected chi connectivity index (χ0v) is 16.7. The highest BCUT2D eigenvalue weighted by atomic mass is 35.5. The van der Waals surface area contributed by atoms with Gasteiger partial charge in [0.1, 0.15) is 11.8 Å². The lowest BCUT2D eigenvalue weighted by molar-refractivity contribution is 0.111. The predicted octanol–water partition coefficient (Wildman–Crippen LogP) is 3.33. The van der Waals surface area contributed by atoms with Crippen LogP contribution in [0.15, 0.2) is 29.2 Å². The molecule has 8 heteroatoms. The number of halogens is 1. The third kappa shape index (κ3) is 3.61. The van der Waals surface area contributed by atoms with E-state index in [4.69, 9.17) is 16.3 Å². The number of hydrogen-bond acceptors (Lipinski definition) is 5. The van der Waals surface area contributed by atoms with Crippen LogP contribution < -0.4 is 10.4 Å². The Balaban J connectivity index is 1.79. The zero-order chi connectivity index (χ0) is 20.5. The van der Waals surface area contributed by atoms with Gasteiger partial charge in [-0.05, 0) is 43.4 Å². The first kappa shape index (κ1) is 19.5. The first-order chi connectivity index (χ1) is 14.0. The number of methoxy groups -OCH3 is 1. The highest BCUT2D eigenvalue weighted by molar-refractivity contribution is 6.32. The first-order valence-electron chi connectivity index (χ1n) is 9.54. The maximum atomic E-state index is 12.7. The van der Waals surface area contributed by atoms with Crippen LogP contribution in [0.2, 0.25) is 5.02 Å². The molecule has 0 amide bonds. The number of imidazole rings is 1. The number of nitrogens with one attached hydrogen (secondary N) is 1. The molecule has 0 bridgehead atoms. The minimum Gasteiger partial charge on any atom is -0.495 e. The number of rotatable bonds is 4. The molecule has 0 saturated heterocycles. The number of H-pyrrole nitrogens is 1. The molecular formula is C21H21ClN4O3. The van der Waals surface area contributed by atoms with Crippen LogP contribution in [0.1, 0.15) is 48.4 Å². The molecule has 2 heterocycles. The van der Waals surface area contributed by atoms with Gasteiger partial charge < -0.3 is 14.8 Å². The monoisotopic (exact) mass is 412 g/mol. The normalized spacial score (nSPS) is 19.2. The maximum absolute atomic E-state index is 12.7. The van der Waals surface area contributed by atoms with E-state index in [1.54, 1.807) is 23.8 Å². The molecule has 1 fully saturated rings. The van der Waals surface area contributed by atoms with E-state index in [1.807, 2.05) is 6.07 Å². The lowest BCUT2D eigenvalue weighted by atomic mass is 9.93. The van der Waals surface area contributed by atoms with E-state index >= 15 is 0 Å². The van der Waals surface area contributed by atoms with Crippen molar-refractivity contribution in [3.63, 3.8) is 0 Å². The Hall–Kier alpha value is -2.82. The fourth-order valence-corrected chi connectivity index (χ4v) is 4.35. The quantitative estimate of drug-likeness (QED) is 0.684. The molecule has 0 aliphatic heterocycles. The molecule has 1 saturated carbocycles. The van der Waals surface area contributed by atoms with Crippen LogP contribution in [0.4, 0.5) is 0 Å². The molecule has 1 aliphatic rings. The maximum Gasteiger partial charge on any atom is 0.327 e. The number of aliphatic hydroxyl groups excluding tert-OH is 1. The van der Waals surface area contributed by atoms with Gasteiger partial charge in [0.2, 0.25) is 0 Å². The van der Waals surface area contributed by atoms with Crippen LogP contribution in [0.5, 0.6) is 5.75 Å². The van der Waals surface area contributed by atoms with E-state index in [9.17, 15) is 15.2 Å². The van der Waals surface area contributed by atoms with Crippen LogP contribution in [0.25, 0.3) is 11.2 Å². The molecular weight excluding hydrogens is 392 g/mol. The summed E-state index contributed by atoms with van der Waals surface area (Å²) in [6.45, 7) is 0. The van der Waals surface area contributed by atoms with Gasteiger partial charge in [-0.1, -0.05) is 17.7 Å². The summed E-state index contributed by atoms with van der Waals surface area (Å²) in [6.07, 6.45) is 4.41. The Labute approximate surface area is 172 Å². The lowest BCUT2D eigenvalue weighted by Crippen LogP contribution is -2.27. The van der Waals surface area contributed by atoms with Crippen molar-refractivity contribution in [3.05, 3.63) is 56.6 Å². The van der Waals surface area contributed by atoms with Crippen molar-refractivity contribution in [2.45, 2.75) is 44.2 Å². The van der Waals surface area contributed by atoms with Crippen LogP contribution in [-0.2, 0) is 6.42 Å². The summed E-state index contributed by atoms with van der Waals surface area (Å²) < 4.78 is 6.87. The van der Waals surface area contributed by atoms with Crippen LogP contribution in [0, 0.1) is 11.3 Å². The summed E-state index contributed by atoms with van der Waals surface area (Å²) in [7, 11) is 1.55. The van der Waals surface area contributed by atoms with E-state index in [0.29, 0.717) is 52.3 Å². The standard InChI is InChI=1S/C21H21ClN4O3/c1-29-18-7-2-12(9-17(18)22)8-16-13(10-23)11-24-20-19(16)25-21(28)26(20)14-3-5-15(27)6-4-14/h2,7,9,11,14-15,27H,3-6,8H2,1H3,(H,25,28)/t14-,15-. The third-order valence-electron chi connectivity index (χ3n) is 5.59. The third-order valence-corrected chi connectivity index (χ3v) is 5.89. The van der Waals surface area contributed by atoms with Gasteiger partial charge in [-0.3, -0.25) is 4.57 Å². The molecule has 2 N–H and O–H groups in total. The van der Waals surface area contributed by atoms with E-state index in [1.165, 1.54) is 6.20 Å². The van der Waals surface area contributed by atoms with Crippen molar-refractivity contribution in [1.29, 1.82) is 5.26 Å². The van der Waals surface area contributed by atoms with Crippen molar-refractivity contribution in [2.24, 2.45) is 0 Å². The van der Waals surface area contributed by atoms with E-state index in [0.717, 1.165) is 18.4 Å². The number of aromatic amines is 1. The van der Waals surface area contributed by atoms with E-state index in [-0.39, 0.29) is 17.8 Å². The highest BCUT2D eigenvalue weighted by Gasteiger charge is 2.25. The van der Waals surface area contributed by atoms with Gasteiger partial charge >= 0.3 is 5.69 Å². The number of hydrogen-bond donors (Lipinski definition) is 2. The van der Waals surface area contributed by atoms with Crippen LogP contribution >= 0.6 is 11.6 Å². The van der Waals surface area contributed by atoms with Crippen molar-refractivity contribution in [3.8, 4) is 11.8 Å². The average Bonchev–Trinajstić information content (AvgIpc) is 3.05. The van der Waals surface area contributed by atoms with Gasteiger partial charge in [-0.15, -0.1) is 0 Å². The Morgan fingerprint density at radius 1 is 1.38 bits per heavy atom. The van der Waals surface area contributed by atoms with Crippen molar-refractivity contribution < 1.29 is 9.84 Å². The first-order valence-corrected chi connectivity index (χ1v) is 9.92. The SMILES string of the molecule is COc1ccc(Cc2c(C#N)cnc3c2[nH]c(=O)n3[C@H]2CC[C@H](O)CC2)cc1Cl. The molecule has 1 aliphatic carbocycles. The lowest BCUT2D eigenvalue weighted by Gasteiger charge is -2.26. The fourth-order valence-electron chi connectivity index (χ4n) is 4.07. The number of ether oxygens (including phenoxy) is 1. The van der Waals surface area contributed by atoms with Crippen LogP contribution in [-0.4, -0.2) is 32.9 Å². The van der Waals surface area contributed by atoms with E-state index < -0.39 is 0 Å². The van der Waals surface area contributed by atoms with Gasteiger partial charge in [-0.25, -0.2) is 9.78 Å². The molecule has 0 unspecified atom stereocenters. The van der Waals surface area contributed by atoms with Gasteiger partial charge in [-0.2, -0.15) is 5.26 Å². The van der Waals surface area contributed by atoms with Crippen molar-refractivity contribution in [2.75, 3.05) is 7.11 Å². The molecule has 3 aromatic rings. The smallest absolute Gasteiger partial charge is 0.327 e. The summed E-state index contributed by atoms with van der Waals surface area (Å²) in [5.41, 5.74) is 2.91.